The minimum absolute atomic E-state index is 0.0691. The molecular weight excluding hydrogens is 300 g/mol. The Kier molecular flexibility index (Phi) is 7.62. The fraction of sp³-hybridized carbons (Fsp3) is 0.467. The van der Waals surface area contributed by atoms with Gasteiger partial charge < -0.3 is 15.0 Å². The molecule has 22 heavy (non-hydrogen) atoms. The molecule has 0 fully saturated rings. The first-order valence-corrected chi connectivity index (χ1v) is 7.60. The SMILES string of the molecule is Cc1cc(C)cc(OCC(=O)NNC(=S)NCC[NH+](C)C)c1. The Balaban J connectivity index is 2.24. The van der Waals surface area contributed by atoms with Crippen molar-refractivity contribution in [3.63, 3.8) is 0 Å². The van der Waals surface area contributed by atoms with E-state index < -0.39 is 0 Å². The first kappa shape index (κ1) is 18.2. The average molecular weight is 325 g/mol. The van der Waals surface area contributed by atoms with Gasteiger partial charge >= 0.3 is 0 Å². The molecule has 0 atom stereocenters. The molecule has 122 valence electrons. The number of carbonyl (C=O) groups is 1. The van der Waals surface area contributed by atoms with Crippen LogP contribution in [0.15, 0.2) is 18.2 Å². The van der Waals surface area contributed by atoms with Crippen molar-refractivity contribution in [1.82, 2.24) is 16.2 Å². The largest absolute Gasteiger partial charge is 0.484 e. The van der Waals surface area contributed by atoms with Gasteiger partial charge in [-0.15, -0.1) is 0 Å². The molecule has 1 rings (SSSR count). The van der Waals surface area contributed by atoms with Gasteiger partial charge in [0.2, 0.25) is 0 Å². The first-order chi connectivity index (χ1) is 10.4. The Bertz CT molecular complexity index is 500. The highest BCUT2D eigenvalue weighted by atomic mass is 32.1. The van der Waals surface area contributed by atoms with E-state index in [9.17, 15) is 4.79 Å². The van der Waals surface area contributed by atoms with Gasteiger partial charge in [-0.05, 0) is 49.3 Å². The lowest BCUT2D eigenvalue weighted by Gasteiger charge is -2.13. The average Bonchev–Trinajstić information content (AvgIpc) is 2.41. The molecule has 0 bridgehead atoms. The van der Waals surface area contributed by atoms with Crippen molar-refractivity contribution in [3.05, 3.63) is 29.3 Å². The van der Waals surface area contributed by atoms with Gasteiger partial charge in [0.25, 0.3) is 5.91 Å². The molecule has 0 spiro atoms. The number of likely N-dealkylation sites (N-methyl/N-ethyl adjacent to an activating group) is 1. The van der Waals surface area contributed by atoms with E-state index in [2.05, 4.69) is 30.3 Å². The van der Waals surface area contributed by atoms with Gasteiger partial charge in [-0.25, -0.2) is 0 Å². The Morgan fingerprint density at radius 2 is 1.82 bits per heavy atom. The van der Waals surface area contributed by atoms with E-state index in [0.717, 1.165) is 24.2 Å². The van der Waals surface area contributed by atoms with Crippen molar-refractivity contribution >= 4 is 23.2 Å². The molecule has 0 unspecified atom stereocenters. The Labute approximate surface area is 137 Å². The van der Waals surface area contributed by atoms with Crippen molar-refractivity contribution in [3.8, 4) is 5.75 Å². The van der Waals surface area contributed by atoms with Crippen LogP contribution in [0.5, 0.6) is 5.75 Å². The molecule has 0 radical (unpaired) electrons. The molecule has 0 aliphatic carbocycles. The van der Waals surface area contributed by atoms with E-state index in [1.54, 1.807) is 0 Å². The number of benzene rings is 1. The molecule has 0 aliphatic heterocycles. The number of ether oxygens (including phenoxy) is 1. The summed E-state index contributed by atoms with van der Waals surface area (Å²) in [6.45, 7) is 5.58. The lowest BCUT2D eigenvalue weighted by atomic mass is 10.1. The van der Waals surface area contributed by atoms with Crippen LogP contribution >= 0.6 is 12.2 Å². The number of thiocarbonyl (C=S) groups is 1. The smallest absolute Gasteiger partial charge is 0.276 e. The number of aryl methyl sites for hydroxylation is 2. The van der Waals surface area contributed by atoms with E-state index in [1.165, 1.54) is 4.90 Å². The first-order valence-electron chi connectivity index (χ1n) is 7.19. The maximum Gasteiger partial charge on any atom is 0.276 e. The summed E-state index contributed by atoms with van der Waals surface area (Å²) in [6, 6.07) is 5.83. The molecule has 4 N–H and O–H groups in total. The molecule has 0 heterocycles. The lowest BCUT2D eigenvalue weighted by molar-refractivity contribution is -0.856. The molecule has 7 heteroatoms. The molecule has 0 aromatic heterocycles. The molecule has 1 aromatic carbocycles. The predicted molar refractivity (Wildman–Crippen MR) is 91.0 cm³/mol. The van der Waals surface area contributed by atoms with Crippen LogP contribution in [0.2, 0.25) is 0 Å². The molecular formula is C15H25N4O2S+. The van der Waals surface area contributed by atoms with Crippen LogP contribution in [0.1, 0.15) is 11.1 Å². The van der Waals surface area contributed by atoms with Crippen LogP contribution < -0.4 is 25.8 Å². The Morgan fingerprint density at radius 3 is 2.41 bits per heavy atom. The quantitative estimate of drug-likeness (QED) is 0.412. The van der Waals surface area contributed by atoms with Crippen LogP contribution in [0, 0.1) is 13.8 Å². The van der Waals surface area contributed by atoms with Crippen LogP contribution in [-0.2, 0) is 4.79 Å². The van der Waals surface area contributed by atoms with Crippen molar-refractivity contribution in [2.75, 3.05) is 33.8 Å². The number of hydrogen-bond donors (Lipinski definition) is 4. The molecule has 1 amide bonds. The normalized spacial score (nSPS) is 10.2. The number of hydrogen-bond acceptors (Lipinski definition) is 3. The summed E-state index contributed by atoms with van der Waals surface area (Å²) in [6.07, 6.45) is 0. The van der Waals surface area contributed by atoms with Gasteiger partial charge in [0, 0.05) is 0 Å². The highest BCUT2D eigenvalue weighted by Crippen LogP contribution is 2.15. The van der Waals surface area contributed by atoms with E-state index in [-0.39, 0.29) is 12.5 Å². The third kappa shape index (κ3) is 7.80. The molecule has 0 saturated carbocycles. The second-order valence-corrected chi connectivity index (χ2v) is 5.91. The minimum Gasteiger partial charge on any atom is -0.484 e. The van der Waals surface area contributed by atoms with Crippen molar-refractivity contribution < 1.29 is 14.4 Å². The van der Waals surface area contributed by atoms with Gasteiger partial charge in [-0.2, -0.15) is 0 Å². The van der Waals surface area contributed by atoms with E-state index in [1.807, 2.05) is 32.0 Å². The van der Waals surface area contributed by atoms with Gasteiger partial charge in [-0.3, -0.25) is 15.6 Å². The van der Waals surface area contributed by atoms with Gasteiger partial charge in [0.05, 0.1) is 27.2 Å². The van der Waals surface area contributed by atoms with Crippen LogP contribution in [0.25, 0.3) is 0 Å². The van der Waals surface area contributed by atoms with Crippen molar-refractivity contribution in [1.29, 1.82) is 0 Å². The highest BCUT2D eigenvalue weighted by Gasteiger charge is 2.04. The summed E-state index contributed by atoms with van der Waals surface area (Å²) in [5.74, 6) is 0.392. The van der Waals surface area contributed by atoms with Crippen molar-refractivity contribution in [2.24, 2.45) is 0 Å². The van der Waals surface area contributed by atoms with Crippen molar-refractivity contribution in [2.45, 2.75) is 13.8 Å². The van der Waals surface area contributed by atoms with E-state index >= 15 is 0 Å². The summed E-state index contributed by atoms with van der Waals surface area (Å²) in [7, 11) is 4.12. The zero-order valence-corrected chi connectivity index (χ0v) is 14.4. The number of quaternary nitrogens is 1. The van der Waals surface area contributed by atoms with Gasteiger partial charge in [-0.1, -0.05) is 6.07 Å². The number of amides is 1. The number of nitrogens with one attached hydrogen (secondary N) is 4. The maximum atomic E-state index is 11.7. The topological polar surface area (TPSA) is 66.8 Å². The zero-order valence-electron chi connectivity index (χ0n) is 13.6. The van der Waals surface area contributed by atoms with Gasteiger partial charge in [0.15, 0.2) is 11.7 Å². The summed E-state index contributed by atoms with van der Waals surface area (Å²) in [5.41, 5.74) is 7.34. The summed E-state index contributed by atoms with van der Waals surface area (Å²) >= 11 is 5.05. The Hall–Kier alpha value is -1.86. The van der Waals surface area contributed by atoms with Gasteiger partial charge in [0.1, 0.15) is 5.75 Å². The summed E-state index contributed by atoms with van der Waals surface area (Å²) in [5, 5.41) is 3.39. The monoisotopic (exact) mass is 325 g/mol. The molecule has 0 saturated heterocycles. The van der Waals surface area contributed by atoms with E-state index in [0.29, 0.717) is 10.9 Å². The summed E-state index contributed by atoms with van der Waals surface area (Å²) in [4.78, 5) is 13.0. The van der Waals surface area contributed by atoms with Crippen LogP contribution in [0.4, 0.5) is 0 Å². The number of carbonyl (C=O) groups excluding carboxylic acids is 1. The minimum atomic E-state index is -0.290. The second-order valence-electron chi connectivity index (χ2n) is 5.50. The Morgan fingerprint density at radius 1 is 1.18 bits per heavy atom. The fourth-order valence-electron chi connectivity index (χ4n) is 1.80. The second kappa shape index (κ2) is 9.22. The van der Waals surface area contributed by atoms with Crippen LogP contribution in [0.3, 0.4) is 0 Å². The predicted octanol–water partition coefficient (Wildman–Crippen LogP) is -0.678. The summed E-state index contributed by atoms with van der Waals surface area (Å²) < 4.78 is 5.46. The third-order valence-electron chi connectivity index (χ3n) is 2.79. The molecule has 0 aliphatic rings. The van der Waals surface area contributed by atoms with Crippen LogP contribution in [-0.4, -0.2) is 44.8 Å². The third-order valence-corrected chi connectivity index (χ3v) is 3.04. The lowest BCUT2D eigenvalue weighted by Crippen LogP contribution is -3.06. The van der Waals surface area contributed by atoms with E-state index in [4.69, 9.17) is 17.0 Å². The zero-order chi connectivity index (χ0) is 16.5. The standard InChI is InChI=1S/C15H24N4O2S/c1-11-7-12(2)9-13(8-11)21-10-14(20)17-18-15(22)16-5-6-19(3)4/h7-9H,5-6,10H2,1-4H3,(H,17,20)(H2,16,18,22)/p+1. The molecule has 6 nitrogen and oxygen atoms in total. The maximum absolute atomic E-state index is 11.7. The highest BCUT2D eigenvalue weighted by molar-refractivity contribution is 7.80. The fourth-order valence-corrected chi connectivity index (χ4v) is 1.95. The number of rotatable bonds is 6. The number of hydrazine groups is 1. The molecule has 1 aromatic rings.